The van der Waals surface area contributed by atoms with Crippen molar-refractivity contribution in [1.29, 1.82) is 0 Å². The highest BCUT2D eigenvalue weighted by atomic mass is 16.2. The number of piperazine rings is 1. The standard InChI is InChI=1S/C16H23N5O3/c1-2-15(23)20-7-5-19(6-8-20)12-3-4-21(11-12)16(24)13-9-18-14(22)10-17-13/h9-10,12H,2-8,11H2,1H3,(H,18,22). The number of nitrogens with zero attached hydrogens (tertiary/aromatic N) is 4. The third-order valence-electron chi connectivity index (χ3n) is 4.83. The molecule has 0 spiro atoms. The lowest BCUT2D eigenvalue weighted by molar-refractivity contribution is -0.132. The molecule has 1 atom stereocenters. The summed E-state index contributed by atoms with van der Waals surface area (Å²) in [7, 11) is 0. The molecule has 2 aliphatic rings. The van der Waals surface area contributed by atoms with Gasteiger partial charge >= 0.3 is 0 Å². The van der Waals surface area contributed by atoms with Crippen LogP contribution in [0.25, 0.3) is 0 Å². The number of carbonyl (C=O) groups is 2. The normalized spacial score (nSPS) is 22.0. The van der Waals surface area contributed by atoms with E-state index in [-0.39, 0.29) is 23.1 Å². The van der Waals surface area contributed by atoms with Crippen LogP contribution in [0.5, 0.6) is 0 Å². The molecule has 2 amide bonds. The maximum atomic E-state index is 12.4. The molecule has 0 aliphatic carbocycles. The summed E-state index contributed by atoms with van der Waals surface area (Å²) < 4.78 is 0. The van der Waals surface area contributed by atoms with Gasteiger partial charge in [-0.3, -0.25) is 19.3 Å². The van der Waals surface area contributed by atoms with E-state index in [1.54, 1.807) is 4.90 Å². The second-order valence-electron chi connectivity index (χ2n) is 6.26. The van der Waals surface area contributed by atoms with Gasteiger partial charge in [-0.1, -0.05) is 6.92 Å². The van der Waals surface area contributed by atoms with E-state index in [2.05, 4.69) is 14.9 Å². The average Bonchev–Trinajstić information content (AvgIpc) is 3.11. The summed E-state index contributed by atoms with van der Waals surface area (Å²) in [5.41, 5.74) is -0.0426. The van der Waals surface area contributed by atoms with Crippen LogP contribution in [-0.2, 0) is 4.79 Å². The number of rotatable bonds is 3. The molecule has 3 rings (SSSR count). The topological polar surface area (TPSA) is 89.6 Å². The SMILES string of the molecule is CCC(=O)N1CCN(C2CCN(C(=O)c3c[nH]c(=O)cn3)C2)CC1. The molecule has 8 heteroatoms. The molecular formula is C16H23N5O3. The number of hydrogen-bond donors (Lipinski definition) is 1. The minimum atomic E-state index is -0.314. The predicted octanol–water partition coefficient (Wildman–Crippen LogP) is -0.461. The van der Waals surface area contributed by atoms with Crippen LogP contribution in [0.3, 0.4) is 0 Å². The molecule has 8 nitrogen and oxygen atoms in total. The Kier molecular flexibility index (Phi) is 4.94. The van der Waals surface area contributed by atoms with Gasteiger partial charge in [0.1, 0.15) is 5.69 Å². The van der Waals surface area contributed by atoms with E-state index in [9.17, 15) is 14.4 Å². The van der Waals surface area contributed by atoms with Gasteiger partial charge in [-0.25, -0.2) is 4.98 Å². The van der Waals surface area contributed by atoms with E-state index in [0.717, 1.165) is 38.8 Å². The van der Waals surface area contributed by atoms with Crippen molar-refractivity contribution in [2.24, 2.45) is 0 Å². The van der Waals surface area contributed by atoms with Gasteiger partial charge in [-0.2, -0.15) is 0 Å². The average molecular weight is 333 g/mol. The quantitative estimate of drug-likeness (QED) is 0.808. The fourth-order valence-corrected chi connectivity index (χ4v) is 3.41. The highest BCUT2D eigenvalue weighted by Crippen LogP contribution is 2.19. The minimum absolute atomic E-state index is 0.145. The molecule has 2 aliphatic heterocycles. The third kappa shape index (κ3) is 3.48. The summed E-state index contributed by atoms with van der Waals surface area (Å²) in [6, 6.07) is 0.329. The molecule has 1 aromatic heterocycles. The van der Waals surface area contributed by atoms with Crippen LogP contribution in [0.2, 0.25) is 0 Å². The number of H-pyrrole nitrogens is 1. The maximum absolute atomic E-state index is 12.4. The number of nitrogens with one attached hydrogen (secondary N) is 1. The molecule has 1 N–H and O–H groups in total. The second kappa shape index (κ2) is 7.12. The molecule has 2 saturated heterocycles. The van der Waals surface area contributed by atoms with E-state index >= 15 is 0 Å². The number of carbonyl (C=O) groups excluding carboxylic acids is 2. The molecule has 0 aromatic carbocycles. The highest BCUT2D eigenvalue weighted by molar-refractivity contribution is 5.92. The van der Waals surface area contributed by atoms with Crippen molar-refractivity contribution in [3.63, 3.8) is 0 Å². The first-order valence-electron chi connectivity index (χ1n) is 8.44. The third-order valence-corrected chi connectivity index (χ3v) is 4.83. The van der Waals surface area contributed by atoms with E-state index < -0.39 is 0 Å². The lowest BCUT2D eigenvalue weighted by atomic mass is 10.2. The van der Waals surface area contributed by atoms with Crippen LogP contribution < -0.4 is 5.56 Å². The maximum Gasteiger partial charge on any atom is 0.274 e. The van der Waals surface area contributed by atoms with Gasteiger partial charge in [-0.05, 0) is 6.42 Å². The zero-order chi connectivity index (χ0) is 17.1. The Morgan fingerprint density at radius 2 is 1.96 bits per heavy atom. The van der Waals surface area contributed by atoms with Gasteiger partial charge in [0, 0.05) is 57.9 Å². The number of hydrogen-bond acceptors (Lipinski definition) is 5. The molecule has 24 heavy (non-hydrogen) atoms. The van der Waals surface area contributed by atoms with Gasteiger partial charge in [0.25, 0.3) is 11.5 Å². The van der Waals surface area contributed by atoms with Crippen molar-refractivity contribution in [2.75, 3.05) is 39.3 Å². The number of aromatic amines is 1. The van der Waals surface area contributed by atoms with E-state index in [0.29, 0.717) is 25.6 Å². The van der Waals surface area contributed by atoms with Gasteiger partial charge in [0.15, 0.2) is 0 Å². The largest absolute Gasteiger partial charge is 0.340 e. The van der Waals surface area contributed by atoms with Crippen LogP contribution in [0.1, 0.15) is 30.3 Å². The Morgan fingerprint density at radius 3 is 2.58 bits per heavy atom. The van der Waals surface area contributed by atoms with Crippen LogP contribution in [0.15, 0.2) is 17.2 Å². The molecule has 0 radical (unpaired) electrons. The summed E-state index contributed by atoms with van der Waals surface area (Å²) >= 11 is 0. The minimum Gasteiger partial charge on any atom is -0.340 e. The Bertz CT molecular complexity index is 645. The van der Waals surface area contributed by atoms with Gasteiger partial charge in [0.05, 0.1) is 6.20 Å². The Balaban J connectivity index is 1.54. The molecular weight excluding hydrogens is 310 g/mol. The molecule has 0 bridgehead atoms. The van der Waals surface area contributed by atoms with Crippen molar-refractivity contribution in [1.82, 2.24) is 24.7 Å². The van der Waals surface area contributed by atoms with Gasteiger partial charge in [-0.15, -0.1) is 0 Å². The van der Waals surface area contributed by atoms with Crippen molar-refractivity contribution < 1.29 is 9.59 Å². The zero-order valence-electron chi connectivity index (χ0n) is 13.9. The fraction of sp³-hybridized carbons (Fsp3) is 0.625. The van der Waals surface area contributed by atoms with Crippen LogP contribution >= 0.6 is 0 Å². The van der Waals surface area contributed by atoms with Crippen LogP contribution in [0, 0.1) is 0 Å². The monoisotopic (exact) mass is 333 g/mol. The molecule has 3 heterocycles. The number of likely N-dealkylation sites (tertiary alicyclic amines) is 1. The second-order valence-corrected chi connectivity index (χ2v) is 6.26. The molecule has 1 aromatic rings. The number of aromatic nitrogens is 2. The summed E-state index contributed by atoms with van der Waals surface area (Å²) in [5.74, 6) is 0.0653. The first-order valence-corrected chi connectivity index (χ1v) is 8.44. The zero-order valence-corrected chi connectivity index (χ0v) is 13.9. The van der Waals surface area contributed by atoms with E-state index in [4.69, 9.17) is 0 Å². The highest BCUT2D eigenvalue weighted by Gasteiger charge is 2.33. The molecule has 2 fully saturated rings. The first kappa shape index (κ1) is 16.6. The molecule has 0 saturated carbocycles. The Labute approximate surface area is 140 Å². The smallest absolute Gasteiger partial charge is 0.274 e. The Morgan fingerprint density at radius 1 is 1.21 bits per heavy atom. The summed E-state index contributed by atoms with van der Waals surface area (Å²) in [4.78, 5) is 47.7. The van der Waals surface area contributed by atoms with Crippen molar-refractivity contribution >= 4 is 11.8 Å². The van der Waals surface area contributed by atoms with Gasteiger partial charge in [0.2, 0.25) is 5.91 Å². The van der Waals surface area contributed by atoms with Crippen molar-refractivity contribution in [3.8, 4) is 0 Å². The predicted molar refractivity (Wildman–Crippen MR) is 87.6 cm³/mol. The lowest BCUT2D eigenvalue weighted by Crippen LogP contribution is -2.52. The molecule has 1 unspecified atom stereocenters. The first-order chi connectivity index (χ1) is 11.6. The van der Waals surface area contributed by atoms with E-state index in [1.807, 2.05) is 11.8 Å². The van der Waals surface area contributed by atoms with Crippen LogP contribution in [0.4, 0.5) is 0 Å². The lowest BCUT2D eigenvalue weighted by Gasteiger charge is -2.37. The van der Waals surface area contributed by atoms with Crippen LogP contribution in [-0.4, -0.2) is 81.8 Å². The number of amides is 2. The fourth-order valence-electron chi connectivity index (χ4n) is 3.41. The summed E-state index contributed by atoms with van der Waals surface area (Å²) in [6.07, 6.45) is 3.98. The van der Waals surface area contributed by atoms with Gasteiger partial charge < -0.3 is 14.8 Å². The van der Waals surface area contributed by atoms with Crippen molar-refractivity contribution in [3.05, 3.63) is 28.4 Å². The Hall–Kier alpha value is -2.22. The summed E-state index contributed by atoms with van der Waals surface area (Å²) in [6.45, 7) is 6.49. The van der Waals surface area contributed by atoms with E-state index in [1.165, 1.54) is 6.20 Å². The summed E-state index contributed by atoms with van der Waals surface area (Å²) in [5, 5.41) is 0. The molecule has 130 valence electrons. The van der Waals surface area contributed by atoms with Crippen molar-refractivity contribution in [2.45, 2.75) is 25.8 Å².